The first-order valence-corrected chi connectivity index (χ1v) is 7.41. The van der Waals surface area contributed by atoms with Crippen LogP contribution in [0.25, 0.3) is 5.78 Å². The van der Waals surface area contributed by atoms with Crippen LogP contribution in [-0.2, 0) is 10.0 Å². The highest BCUT2D eigenvalue weighted by Gasteiger charge is 2.23. The lowest BCUT2D eigenvalue weighted by molar-refractivity contribution is 0.590. The Bertz CT molecular complexity index is 869. The fraction of sp³-hybridized carbons (Fsp3) is 0.0833. The summed E-state index contributed by atoms with van der Waals surface area (Å²) in [7, 11) is -4.09. The van der Waals surface area contributed by atoms with E-state index in [-0.39, 0.29) is 11.5 Å². The van der Waals surface area contributed by atoms with E-state index in [0.717, 1.165) is 0 Å². The third-order valence-corrected chi connectivity index (χ3v) is 3.92. The summed E-state index contributed by atoms with van der Waals surface area (Å²) in [4.78, 5) is 7.69. The van der Waals surface area contributed by atoms with Crippen LogP contribution in [0.3, 0.4) is 0 Å². The summed E-state index contributed by atoms with van der Waals surface area (Å²) in [6, 6.07) is 5.85. The van der Waals surface area contributed by atoms with Crippen LogP contribution in [0.15, 0.2) is 41.8 Å². The molecule has 0 bridgehead atoms. The second-order valence-corrected chi connectivity index (χ2v) is 5.87. The van der Waals surface area contributed by atoms with Crippen molar-refractivity contribution in [1.29, 1.82) is 0 Å². The van der Waals surface area contributed by atoms with E-state index in [1.165, 1.54) is 29.0 Å². The van der Waals surface area contributed by atoms with Gasteiger partial charge in [0.2, 0.25) is 0 Å². The number of anilines is 1. The number of aryl methyl sites for hydroxylation is 1. The molecular weight excluding hydrogens is 297 g/mol. The normalized spacial score (nSPS) is 11.7. The van der Waals surface area contributed by atoms with E-state index in [4.69, 9.17) is 0 Å². The minimum Gasteiger partial charge on any atom is -0.274 e. The Hall–Kier alpha value is -2.55. The van der Waals surface area contributed by atoms with E-state index in [2.05, 4.69) is 19.8 Å². The second kappa shape index (κ2) is 4.77. The van der Waals surface area contributed by atoms with Gasteiger partial charge in [0.25, 0.3) is 21.0 Å². The van der Waals surface area contributed by atoms with Gasteiger partial charge in [-0.15, -0.1) is 5.10 Å². The highest BCUT2D eigenvalue weighted by atomic mass is 32.2. The number of para-hydroxylation sites is 1. The summed E-state index contributed by atoms with van der Waals surface area (Å²) in [6.07, 6.45) is 2.98. The van der Waals surface area contributed by atoms with Crippen molar-refractivity contribution < 1.29 is 12.8 Å². The fourth-order valence-corrected chi connectivity index (χ4v) is 2.78. The minimum atomic E-state index is -4.09. The Morgan fingerprint density at radius 2 is 2.10 bits per heavy atom. The maximum absolute atomic E-state index is 13.7. The van der Waals surface area contributed by atoms with Gasteiger partial charge in [0.15, 0.2) is 0 Å². The molecule has 0 amide bonds. The molecule has 0 saturated heterocycles. The van der Waals surface area contributed by atoms with Crippen molar-refractivity contribution in [3.05, 3.63) is 48.0 Å². The average molecular weight is 307 g/mol. The molecular formula is C12H10FN5O2S. The molecule has 0 atom stereocenters. The summed E-state index contributed by atoms with van der Waals surface area (Å²) in [6.45, 7) is 1.60. The van der Waals surface area contributed by atoms with Gasteiger partial charge in [0.1, 0.15) is 5.82 Å². The number of halogens is 1. The van der Waals surface area contributed by atoms with Gasteiger partial charge in [-0.1, -0.05) is 12.1 Å². The van der Waals surface area contributed by atoms with E-state index in [0.29, 0.717) is 5.56 Å². The van der Waals surface area contributed by atoms with Gasteiger partial charge in [-0.25, -0.2) is 13.9 Å². The van der Waals surface area contributed by atoms with E-state index in [1.807, 2.05) is 0 Å². The average Bonchev–Trinajstić information content (AvgIpc) is 2.88. The van der Waals surface area contributed by atoms with Gasteiger partial charge in [-0.05, 0) is 24.6 Å². The molecule has 1 aromatic carbocycles. The van der Waals surface area contributed by atoms with Crippen LogP contribution < -0.4 is 4.72 Å². The Morgan fingerprint density at radius 1 is 1.29 bits per heavy atom. The van der Waals surface area contributed by atoms with Crippen LogP contribution in [0.5, 0.6) is 0 Å². The number of aromatic nitrogens is 4. The molecule has 9 heteroatoms. The number of nitrogens with one attached hydrogen (secondary N) is 1. The minimum absolute atomic E-state index is 0.121. The lowest BCUT2D eigenvalue weighted by Gasteiger charge is -2.08. The first-order chi connectivity index (χ1) is 9.97. The molecule has 2 heterocycles. The lowest BCUT2D eigenvalue weighted by Crippen LogP contribution is -2.16. The third kappa shape index (κ3) is 2.42. The van der Waals surface area contributed by atoms with Gasteiger partial charge < -0.3 is 0 Å². The predicted molar refractivity (Wildman–Crippen MR) is 72.7 cm³/mol. The maximum atomic E-state index is 13.7. The monoisotopic (exact) mass is 307 g/mol. The third-order valence-electron chi connectivity index (χ3n) is 2.80. The number of nitrogens with zero attached hydrogens (tertiary/aromatic N) is 4. The highest BCUT2D eigenvalue weighted by Crippen LogP contribution is 2.21. The molecule has 3 aromatic rings. The molecule has 0 fully saturated rings. The molecule has 7 nitrogen and oxygen atoms in total. The second-order valence-electron chi connectivity index (χ2n) is 4.30. The Balaban J connectivity index is 2.04. The van der Waals surface area contributed by atoms with Crippen LogP contribution in [0.2, 0.25) is 0 Å². The lowest BCUT2D eigenvalue weighted by atomic mass is 10.2. The van der Waals surface area contributed by atoms with Gasteiger partial charge >= 0.3 is 0 Å². The van der Waals surface area contributed by atoms with Gasteiger partial charge in [-0.2, -0.15) is 13.4 Å². The van der Waals surface area contributed by atoms with E-state index in [1.54, 1.807) is 19.1 Å². The zero-order valence-electron chi connectivity index (χ0n) is 10.9. The van der Waals surface area contributed by atoms with Crippen LogP contribution in [0.1, 0.15) is 5.56 Å². The number of hydrogen-bond acceptors (Lipinski definition) is 5. The smallest absolute Gasteiger partial charge is 0.274 e. The van der Waals surface area contributed by atoms with Gasteiger partial charge in [-0.3, -0.25) is 4.72 Å². The van der Waals surface area contributed by atoms with E-state index >= 15 is 0 Å². The number of benzene rings is 1. The first-order valence-electron chi connectivity index (χ1n) is 5.93. The van der Waals surface area contributed by atoms with Crippen molar-refractivity contribution in [2.45, 2.75) is 12.1 Å². The molecule has 21 heavy (non-hydrogen) atoms. The van der Waals surface area contributed by atoms with Crippen molar-refractivity contribution in [1.82, 2.24) is 19.6 Å². The molecule has 0 spiro atoms. The van der Waals surface area contributed by atoms with E-state index < -0.39 is 21.0 Å². The SMILES string of the molecule is Cc1cccc(F)c1NS(=O)(=O)c1nc2ncccn2n1. The zero-order valence-corrected chi connectivity index (χ0v) is 11.7. The van der Waals surface area contributed by atoms with Crippen molar-refractivity contribution in [3.8, 4) is 0 Å². The Labute approximate surface area is 119 Å². The molecule has 1 N–H and O–H groups in total. The van der Waals surface area contributed by atoms with Crippen molar-refractivity contribution in [2.75, 3.05) is 4.72 Å². The van der Waals surface area contributed by atoms with Crippen LogP contribution in [0, 0.1) is 12.7 Å². The number of hydrogen-bond donors (Lipinski definition) is 1. The number of fused-ring (bicyclic) bond motifs is 1. The molecule has 0 aliphatic carbocycles. The summed E-state index contributed by atoms with van der Waals surface area (Å²) >= 11 is 0. The zero-order chi connectivity index (χ0) is 15.0. The molecule has 3 rings (SSSR count). The number of rotatable bonds is 3. The first kappa shape index (κ1) is 13.4. The molecule has 0 aliphatic heterocycles. The van der Waals surface area contributed by atoms with Gasteiger partial charge in [0.05, 0.1) is 5.69 Å². The summed E-state index contributed by atoms with van der Waals surface area (Å²) in [5, 5.41) is 3.34. The fourth-order valence-electron chi connectivity index (χ4n) is 1.77. The number of sulfonamides is 1. The Morgan fingerprint density at radius 3 is 2.81 bits per heavy atom. The molecule has 108 valence electrons. The molecule has 0 aliphatic rings. The van der Waals surface area contributed by atoms with Crippen LogP contribution in [-0.4, -0.2) is 28.0 Å². The molecule has 0 radical (unpaired) electrons. The summed E-state index contributed by atoms with van der Waals surface area (Å²) < 4.78 is 41.6. The van der Waals surface area contributed by atoms with E-state index in [9.17, 15) is 12.8 Å². The summed E-state index contributed by atoms with van der Waals surface area (Å²) in [5.41, 5.74) is 0.338. The Kier molecular flexibility index (Phi) is 3.05. The molecule has 0 unspecified atom stereocenters. The largest absolute Gasteiger partial charge is 0.299 e. The summed E-state index contributed by atoms with van der Waals surface area (Å²) in [5.74, 6) is -0.524. The maximum Gasteiger partial charge on any atom is 0.299 e. The molecule has 0 saturated carbocycles. The standard InChI is InChI=1S/C12H10FN5O2S/c1-8-4-2-5-9(13)10(8)17-21(19,20)12-15-11-14-6-3-7-18(11)16-12/h2-7,17H,1H3. The predicted octanol–water partition coefficient (Wildman–Crippen LogP) is 1.37. The topological polar surface area (TPSA) is 89.2 Å². The van der Waals surface area contributed by atoms with Crippen molar-refractivity contribution in [3.63, 3.8) is 0 Å². The van der Waals surface area contributed by atoms with Crippen molar-refractivity contribution >= 4 is 21.5 Å². The molecule has 2 aromatic heterocycles. The van der Waals surface area contributed by atoms with Crippen LogP contribution in [0.4, 0.5) is 10.1 Å². The van der Waals surface area contributed by atoms with Crippen LogP contribution >= 0.6 is 0 Å². The van der Waals surface area contributed by atoms with Gasteiger partial charge in [0, 0.05) is 12.4 Å². The van der Waals surface area contributed by atoms with Crippen molar-refractivity contribution in [2.24, 2.45) is 0 Å². The quantitative estimate of drug-likeness (QED) is 0.789. The highest BCUT2D eigenvalue weighted by molar-refractivity contribution is 7.92.